The van der Waals surface area contributed by atoms with Crippen molar-refractivity contribution < 1.29 is 18.0 Å². The van der Waals surface area contributed by atoms with Gasteiger partial charge in [-0.1, -0.05) is 0 Å². The molecule has 0 saturated carbocycles. The summed E-state index contributed by atoms with van der Waals surface area (Å²) in [5.74, 6) is -1.72. The van der Waals surface area contributed by atoms with Crippen LogP contribution in [0.4, 0.5) is 13.2 Å². The third kappa shape index (κ3) is 2.51. The van der Waals surface area contributed by atoms with Crippen LogP contribution in [-0.2, 0) is 11.2 Å². The Morgan fingerprint density at radius 3 is 2.62 bits per heavy atom. The molecule has 1 heterocycles. The van der Waals surface area contributed by atoms with Crippen LogP contribution >= 0.6 is 11.3 Å². The lowest BCUT2D eigenvalue weighted by Crippen LogP contribution is -2.24. The largest absolute Gasteiger partial charge is 0.450 e. The maximum Gasteiger partial charge on any atom is 0.450 e. The molecule has 0 spiro atoms. The minimum absolute atomic E-state index is 0.377. The predicted molar refractivity (Wildman–Crippen MR) is 41.6 cm³/mol. The first kappa shape index (κ1) is 10.2. The van der Waals surface area contributed by atoms with Gasteiger partial charge in [0.05, 0.1) is 17.6 Å². The molecule has 1 rings (SSSR count). The molecule has 0 N–H and O–H groups in total. The van der Waals surface area contributed by atoms with E-state index in [1.54, 1.807) is 6.92 Å². The maximum absolute atomic E-state index is 11.8. The SMILES string of the molecule is Cc1ncsc1CC(=O)C(F)(F)F. The van der Waals surface area contributed by atoms with Gasteiger partial charge in [0.2, 0.25) is 5.78 Å². The number of Topliss-reactive ketones (excluding diaryl/α,β-unsaturated/α-hetero) is 1. The molecular weight excluding hydrogens is 203 g/mol. The van der Waals surface area contributed by atoms with E-state index in [9.17, 15) is 18.0 Å². The number of alkyl halides is 3. The Hall–Kier alpha value is -0.910. The second-order valence-corrected chi connectivity index (χ2v) is 3.40. The van der Waals surface area contributed by atoms with Crippen LogP contribution in [0.25, 0.3) is 0 Å². The van der Waals surface area contributed by atoms with E-state index in [0.717, 1.165) is 11.3 Å². The van der Waals surface area contributed by atoms with Crippen LogP contribution in [0.15, 0.2) is 5.51 Å². The van der Waals surface area contributed by atoms with Crippen molar-refractivity contribution in [2.75, 3.05) is 0 Å². The second kappa shape index (κ2) is 3.45. The summed E-state index contributed by atoms with van der Waals surface area (Å²) in [6.45, 7) is 1.58. The Kier molecular flexibility index (Phi) is 2.70. The Labute approximate surface area is 76.4 Å². The van der Waals surface area contributed by atoms with Crippen LogP contribution in [0, 0.1) is 6.92 Å². The number of aryl methyl sites for hydroxylation is 1. The zero-order valence-corrected chi connectivity index (χ0v) is 7.50. The average Bonchev–Trinajstić information content (AvgIpc) is 2.34. The lowest BCUT2D eigenvalue weighted by atomic mass is 10.2. The van der Waals surface area contributed by atoms with Crippen LogP contribution < -0.4 is 0 Å². The monoisotopic (exact) mass is 209 g/mol. The van der Waals surface area contributed by atoms with Crippen LogP contribution in [0.3, 0.4) is 0 Å². The van der Waals surface area contributed by atoms with Crippen molar-refractivity contribution in [1.82, 2.24) is 4.98 Å². The highest BCUT2D eigenvalue weighted by Crippen LogP contribution is 2.21. The number of ketones is 1. The van der Waals surface area contributed by atoms with Crippen molar-refractivity contribution in [3.05, 3.63) is 16.1 Å². The fourth-order valence-electron chi connectivity index (χ4n) is 0.742. The number of carbonyl (C=O) groups is 1. The van der Waals surface area contributed by atoms with Gasteiger partial charge >= 0.3 is 6.18 Å². The fraction of sp³-hybridized carbons (Fsp3) is 0.429. The zero-order valence-electron chi connectivity index (χ0n) is 6.68. The first-order valence-corrected chi connectivity index (χ1v) is 4.28. The van der Waals surface area contributed by atoms with Gasteiger partial charge in [-0.15, -0.1) is 11.3 Å². The third-order valence-corrected chi connectivity index (χ3v) is 2.42. The number of carbonyl (C=O) groups excluding carboxylic acids is 1. The summed E-state index contributed by atoms with van der Waals surface area (Å²) in [6, 6.07) is 0. The summed E-state index contributed by atoms with van der Waals surface area (Å²) >= 11 is 1.06. The molecule has 0 saturated heterocycles. The molecule has 0 aliphatic rings. The van der Waals surface area contributed by atoms with Gasteiger partial charge in [-0.05, 0) is 6.92 Å². The molecule has 6 heteroatoms. The molecule has 2 nitrogen and oxygen atoms in total. The summed E-state index contributed by atoms with van der Waals surface area (Å²) in [6.07, 6.45) is -5.34. The molecule has 0 unspecified atom stereocenters. The van der Waals surface area contributed by atoms with E-state index in [2.05, 4.69) is 4.98 Å². The molecule has 0 amide bonds. The fourth-order valence-corrected chi connectivity index (χ4v) is 1.52. The van der Waals surface area contributed by atoms with Gasteiger partial charge in [-0.25, -0.2) is 4.98 Å². The van der Waals surface area contributed by atoms with Crippen molar-refractivity contribution in [3.63, 3.8) is 0 Å². The molecule has 0 aliphatic heterocycles. The van der Waals surface area contributed by atoms with Crippen molar-refractivity contribution in [2.45, 2.75) is 19.5 Å². The second-order valence-electron chi connectivity index (χ2n) is 2.46. The molecule has 1 aromatic rings. The Bertz CT molecular complexity index is 318. The number of hydrogen-bond donors (Lipinski definition) is 0. The Morgan fingerprint density at radius 1 is 1.62 bits per heavy atom. The van der Waals surface area contributed by atoms with E-state index in [0.29, 0.717) is 10.6 Å². The Balaban J connectivity index is 2.71. The van der Waals surface area contributed by atoms with Crippen LogP contribution in [-0.4, -0.2) is 16.9 Å². The predicted octanol–water partition coefficient (Wildman–Crippen LogP) is 2.13. The van der Waals surface area contributed by atoms with Crippen molar-refractivity contribution in [2.24, 2.45) is 0 Å². The molecule has 0 aromatic carbocycles. The molecule has 0 bridgehead atoms. The number of nitrogens with zero attached hydrogens (tertiary/aromatic N) is 1. The van der Waals surface area contributed by atoms with Crippen LogP contribution in [0.5, 0.6) is 0 Å². The lowest BCUT2D eigenvalue weighted by Gasteiger charge is -2.03. The zero-order chi connectivity index (χ0) is 10.1. The molecular formula is C7H6F3NOS. The number of thiazole rings is 1. The highest BCUT2D eigenvalue weighted by Gasteiger charge is 2.38. The minimum atomic E-state index is -4.74. The molecule has 0 atom stereocenters. The van der Waals surface area contributed by atoms with Gasteiger partial charge in [0, 0.05) is 4.88 Å². The van der Waals surface area contributed by atoms with Gasteiger partial charge in [0.1, 0.15) is 0 Å². The van der Waals surface area contributed by atoms with Gasteiger partial charge in [0.15, 0.2) is 0 Å². The lowest BCUT2D eigenvalue weighted by molar-refractivity contribution is -0.170. The van der Waals surface area contributed by atoms with E-state index in [4.69, 9.17) is 0 Å². The molecule has 0 fully saturated rings. The Morgan fingerprint density at radius 2 is 2.23 bits per heavy atom. The summed E-state index contributed by atoms with van der Waals surface area (Å²) in [5, 5.41) is 0. The van der Waals surface area contributed by atoms with E-state index >= 15 is 0 Å². The van der Waals surface area contributed by atoms with Crippen molar-refractivity contribution in [1.29, 1.82) is 0 Å². The van der Waals surface area contributed by atoms with Crippen LogP contribution in [0.1, 0.15) is 10.6 Å². The van der Waals surface area contributed by atoms with E-state index < -0.39 is 18.4 Å². The standard InChI is InChI=1S/C7H6F3NOS/c1-4-5(13-3-11-4)2-6(12)7(8,9)10/h3H,2H2,1H3. The first-order valence-electron chi connectivity index (χ1n) is 3.40. The van der Waals surface area contributed by atoms with E-state index in [1.165, 1.54) is 5.51 Å². The number of halogens is 3. The number of hydrogen-bond acceptors (Lipinski definition) is 3. The summed E-state index contributed by atoms with van der Waals surface area (Å²) in [5.41, 5.74) is 1.91. The highest BCUT2D eigenvalue weighted by atomic mass is 32.1. The highest BCUT2D eigenvalue weighted by molar-refractivity contribution is 7.09. The van der Waals surface area contributed by atoms with Crippen molar-refractivity contribution >= 4 is 17.1 Å². The topological polar surface area (TPSA) is 30.0 Å². The summed E-state index contributed by atoms with van der Waals surface area (Å²) in [7, 11) is 0. The van der Waals surface area contributed by atoms with Gasteiger partial charge in [-0.3, -0.25) is 4.79 Å². The van der Waals surface area contributed by atoms with Gasteiger partial charge < -0.3 is 0 Å². The summed E-state index contributed by atoms with van der Waals surface area (Å²) < 4.78 is 35.4. The molecule has 13 heavy (non-hydrogen) atoms. The van der Waals surface area contributed by atoms with E-state index in [-0.39, 0.29) is 0 Å². The van der Waals surface area contributed by atoms with Gasteiger partial charge in [0.25, 0.3) is 0 Å². The maximum atomic E-state index is 11.8. The molecule has 0 aliphatic carbocycles. The van der Waals surface area contributed by atoms with Crippen LogP contribution in [0.2, 0.25) is 0 Å². The number of aromatic nitrogens is 1. The average molecular weight is 209 g/mol. The summed E-state index contributed by atoms with van der Waals surface area (Å²) in [4.78, 5) is 14.7. The molecule has 1 aromatic heterocycles. The van der Waals surface area contributed by atoms with E-state index in [1.807, 2.05) is 0 Å². The van der Waals surface area contributed by atoms with Crippen molar-refractivity contribution in [3.8, 4) is 0 Å². The normalized spacial score (nSPS) is 11.7. The molecule has 0 radical (unpaired) electrons. The quantitative estimate of drug-likeness (QED) is 0.746. The minimum Gasteiger partial charge on any atom is -0.289 e. The third-order valence-electron chi connectivity index (χ3n) is 1.48. The first-order chi connectivity index (χ1) is 5.91. The molecule has 72 valence electrons. The number of rotatable bonds is 2. The smallest absolute Gasteiger partial charge is 0.289 e. The van der Waals surface area contributed by atoms with Gasteiger partial charge in [-0.2, -0.15) is 13.2 Å².